The summed E-state index contributed by atoms with van der Waals surface area (Å²) >= 11 is 4.03. The van der Waals surface area contributed by atoms with Crippen molar-refractivity contribution in [3.05, 3.63) is 35.9 Å². The Morgan fingerprint density at radius 3 is 2.62 bits per heavy atom. The summed E-state index contributed by atoms with van der Waals surface area (Å²) in [5.41, 5.74) is 1.15. The summed E-state index contributed by atoms with van der Waals surface area (Å²) in [4.78, 5) is 0. The van der Waals surface area contributed by atoms with Crippen molar-refractivity contribution in [2.45, 2.75) is 11.0 Å². The Bertz CT molecular complexity index is 381. The highest BCUT2D eigenvalue weighted by Gasteiger charge is 2.26. The number of para-hydroxylation sites is 1. The van der Waals surface area contributed by atoms with Crippen LogP contribution in [0.5, 0.6) is 5.75 Å². The number of rotatable bonds is 3. The fraction of sp³-hybridized carbons (Fsp3) is 0.385. The van der Waals surface area contributed by atoms with Gasteiger partial charge in [0.2, 0.25) is 0 Å². The molecule has 1 aliphatic heterocycles. The standard InChI is InChI=1S/C13H16OS2/c1-13(15-9-10-16-13)8-7-11-5-3-4-6-12(11)14-2/h3-8H,9-10H2,1-2H3/b8-7+. The molecule has 1 fully saturated rings. The van der Waals surface area contributed by atoms with Crippen molar-refractivity contribution in [3.8, 4) is 5.75 Å². The summed E-state index contributed by atoms with van der Waals surface area (Å²) in [5, 5.41) is 0. The van der Waals surface area contributed by atoms with E-state index in [9.17, 15) is 0 Å². The van der Waals surface area contributed by atoms with Gasteiger partial charge in [0.1, 0.15) is 5.75 Å². The van der Waals surface area contributed by atoms with Crippen molar-refractivity contribution in [2.24, 2.45) is 0 Å². The van der Waals surface area contributed by atoms with Crippen LogP contribution in [-0.2, 0) is 0 Å². The maximum Gasteiger partial charge on any atom is 0.126 e. The average Bonchev–Trinajstić information content (AvgIpc) is 2.74. The van der Waals surface area contributed by atoms with Gasteiger partial charge in [-0.25, -0.2) is 0 Å². The van der Waals surface area contributed by atoms with Gasteiger partial charge in [-0.15, -0.1) is 23.5 Å². The minimum atomic E-state index is 0.237. The van der Waals surface area contributed by atoms with Crippen molar-refractivity contribution >= 4 is 29.6 Å². The molecule has 0 radical (unpaired) electrons. The number of ether oxygens (including phenoxy) is 1. The van der Waals surface area contributed by atoms with E-state index in [4.69, 9.17) is 4.74 Å². The predicted molar refractivity (Wildman–Crippen MR) is 75.3 cm³/mol. The number of methoxy groups -OCH3 is 1. The van der Waals surface area contributed by atoms with Gasteiger partial charge in [0.25, 0.3) is 0 Å². The van der Waals surface area contributed by atoms with Crippen LogP contribution < -0.4 is 4.74 Å². The van der Waals surface area contributed by atoms with Crippen LogP contribution in [0.3, 0.4) is 0 Å². The normalized spacial score (nSPS) is 19.1. The van der Waals surface area contributed by atoms with Crippen LogP contribution in [0.15, 0.2) is 30.3 Å². The molecule has 86 valence electrons. The van der Waals surface area contributed by atoms with Gasteiger partial charge in [-0.1, -0.05) is 30.4 Å². The Kier molecular flexibility index (Phi) is 3.87. The Morgan fingerprint density at radius 1 is 1.25 bits per heavy atom. The van der Waals surface area contributed by atoms with Gasteiger partial charge in [-0.2, -0.15) is 0 Å². The minimum absolute atomic E-state index is 0.237. The second-order valence-corrected chi connectivity index (χ2v) is 7.14. The number of hydrogen-bond donors (Lipinski definition) is 0. The minimum Gasteiger partial charge on any atom is -0.496 e. The molecule has 0 bridgehead atoms. The van der Waals surface area contributed by atoms with Crippen molar-refractivity contribution in [2.75, 3.05) is 18.6 Å². The largest absolute Gasteiger partial charge is 0.496 e. The SMILES string of the molecule is COc1ccccc1/C=C/C1(C)SCCS1. The molecule has 2 rings (SSSR count). The van der Waals surface area contributed by atoms with E-state index in [-0.39, 0.29) is 4.08 Å². The van der Waals surface area contributed by atoms with Gasteiger partial charge < -0.3 is 4.74 Å². The summed E-state index contributed by atoms with van der Waals surface area (Å²) in [7, 11) is 1.72. The molecule has 16 heavy (non-hydrogen) atoms. The molecular formula is C13H16OS2. The highest BCUT2D eigenvalue weighted by atomic mass is 32.2. The Hall–Kier alpha value is -0.540. The van der Waals surface area contributed by atoms with E-state index in [1.54, 1.807) is 7.11 Å². The lowest BCUT2D eigenvalue weighted by molar-refractivity contribution is 0.414. The van der Waals surface area contributed by atoms with E-state index in [0.717, 1.165) is 11.3 Å². The number of thioether (sulfide) groups is 2. The zero-order valence-corrected chi connectivity index (χ0v) is 11.2. The predicted octanol–water partition coefficient (Wildman–Crippen LogP) is 3.90. The summed E-state index contributed by atoms with van der Waals surface area (Å²) in [6.07, 6.45) is 4.46. The molecule has 0 N–H and O–H groups in total. The topological polar surface area (TPSA) is 9.23 Å². The fourth-order valence-electron chi connectivity index (χ4n) is 1.67. The summed E-state index contributed by atoms with van der Waals surface area (Å²) in [5.74, 6) is 3.44. The first-order valence-electron chi connectivity index (χ1n) is 5.34. The summed E-state index contributed by atoms with van der Waals surface area (Å²) < 4.78 is 5.57. The Labute approximate surface area is 106 Å². The quantitative estimate of drug-likeness (QED) is 0.807. The number of benzene rings is 1. The fourth-order valence-corrected chi connectivity index (χ4v) is 4.31. The average molecular weight is 252 g/mol. The van der Waals surface area contributed by atoms with Crippen molar-refractivity contribution in [1.29, 1.82) is 0 Å². The molecule has 0 atom stereocenters. The van der Waals surface area contributed by atoms with E-state index in [1.165, 1.54) is 11.5 Å². The molecule has 0 saturated carbocycles. The Morgan fingerprint density at radius 2 is 1.94 bits per heavy atom. The second kappa shape index (κ2) is 5.19. The molecule has 1 aliphatic rings. The molecule has 3 heteroatoms. The maximum absolute atomic E-state index is 5.33. The van der Waals surface area contributed by atoms with E-state index < -0.39 is 0 Å². The first kappa shape index (κ1) is 11.9. The highest BCUT2D eigenvalue weighted by Crippen LogP contribution is 2.44. The monoisotopic (exact) mass is 252 g/mol. The van der Waals surface area contributed by atoms with Gasteiger partial charge in [0, 0.05) is 17.1 Å². The molecule has 1 aromatic rings. The lowest BCUT2D eigenvalue weighted by Crippen LogP contribution is -2.05. The molecule has 1 heterocycles. The Balaban J connectivity index is 2.16. The zero-order chi connectivity index (χ0) is 11.4. The van der Waals surface area contributed by atoms with Crippen molar-refractivity contribution < 1.29 is 4.74 Å². The second-order valence-electron chi connectivity index (χ2n) is 3.79. The molecule has 0 spiro atoms. The summed E-state index contributed by atoms with van der Waals surface area (Å²) in [6.45, 7) is 2.28. The van der Waals surface area contributed by atoms with Gasteiger partial charge in [0.05, 0.1) is 11.2 Å². The third-order valence-corrected chi connectivity index (χ3v) is 5.77. The van der Waals surface area contributed by atoms with Crippen LogP contribution in [-0.4, -0.2) is 22.7 Å². The van der Waals surface area contributed by atoms with Crippen LogP contribution >= 0.6 is 23.5 Å². The molecular weight excluding hydrogens is 236 g/mol. The first-order chi connectivity index (χ1) is 7.73. The van der Waals surface area contributed by atoms with E-state index >= 15 is 0 Å². The zero-order valence-electron chi connectivity index (χ0n) is 9.60. The molecule has 1 nitrogen and oxygen atoms in total. The van der Waals surface area contributed by atoms with Crippen LogP contribution in [0.25, 0.3) is 6.08 Å². The van der Waals surface area contributed by atoms with Crippen LogP contribution in [0.4, 0.5) is 0 Å². The molecule has 0 unspecified atom stereocenters. The van der Waals surface area contributed by atoms with Gasteiger partial charge in [0.15, 0.2) is 0 Å². The number of hydrogen-bond acceptors (Lipinski definition) is 3. The van der Waals surface area contributed by atoms with Gasteiger partial charge in [-0.3, -0.25) is 0 Å². The lowest BCUT2D eigenvalue weighted by Gasteiger charge is -2.16. The first-order valence-corrected chi connectivity index (χ1v) is 7.31. The summed E-state index contributed by atoms with van der Waals surface area (Å²) in [6, 6.07) is 8.12. The smallest absolute Gasteiger partial charge is 0.126 e. The van der Waals surface area contributed by atoms with Gasteiger partial charge >= 0.3 is 0 Å². The van der Waals surface area contributed by atoms with E-state index in [0.29, 0.717) is 0 Å². The third-order valence-electron chi connectivity index (χ3n) is 2.57. The molecule has 1 saturated heterocycles. The molecule has 1 aromatic carbocycles. The maximum atomic E-state index is 5.33. The van der Waals surface area contributed by atoms with Gasteiger partial charge in [-0.05, 0) is 13.0 Å². The van der Waals surface area contributed by atoms with E-state index in [2.05, 4.69) is 25.1 Å². The van der Waals surface area contributed by atoms with Crippen LogP contribution in [0, 0.1) is 0 Å². The van der Waals surface area contributed by atoms with Crippen molar-refractivity contribution in [3.63, 3.8) is 0 Å². The highest BCUT2D eigenvalue weighted by molar-refractivity contribution is 8.21. The molecule has 0 aliphatic carbocycles. The van der Waals surface area contributed by atoms with Crippen molar-refractivity contribution in [1.82, 2.24) is 0 Å². The van der Waals surface area contributed by atoms with Crippen LogP contribution in [0.2, 0.25) is 0 Å². The molecule has 0 aromatic heterocycles. The van der Waals surface area contributed by atoms with E-state index in [1.807, 2.05) is 41.7 Å². The third kappa shape index (κ3) is 2.77. The van der Waals surface area contributed by atoms with Crippen LogP contribution in [0.1, 0.15) is 12.5 Å². The molecule has 0 amide bonds. The lowest BCUT2D eigenvalue weighted by atomic mass is 10.2.